The molecule has 0 radical (unpaired) electrons. The summed E-state index contributed by atoms with van der Waals surface area (Å²) in [7, 11) is 0. The molecule has 0 atom stereocenters. The van der Waals surface area contributed by atoms with Crippen LogP contribution >= 0.6 is 0 Å². The van der Waals surface area contributed by atoms with Crippen LogP contribution in [0.5, 0.6) is 11.5 Å². The number of ether oxygens (including phenoxy) is 2. The molecule has 3 nitrogen and oxygen atoms in total. The Bertz CT molecular complexity index is 434. The summed E-state index contributed by atoms with van der Waals surface area (Å²) >= 11 is 0. The van der Waals surface area contributed by atoms with Crippen LogP contribution in [-0.2, 0) is 6.54 Å². The molecular weight excluding hydrogens is 264 g/mol. The minimum atomic E-state index is -2.84. The molecule has 0 bridgehead atoms. The number of benzene rings is 1. The Balaban J connectivity index is 1.97. The number of alkyl halides is 2. The smallest absolute Gasteiger partial charge is 0.387 e. The summed E-state index contributed by atoms with van der Waals surface area (Å²) in [5, 5.41) is 3.45. The zero-order chi connectivity index (χ0) is 14.5. The van der Waals surface area contributed by atoms with Gasteiger partial charge in [-0.3, -0.25) is 0 Å². The SMILES string of the molecule is CCOc1cc(CNC2CC(C)C2)ccc1OC(F)F. The maximum atomic E-state index is 12.3. The molecule has 1 aliphatic rings. The highest BCUT2D eigenvalue weighted by Gasteiger charge is 2.24. The van der Waals surface area contributed by atoms with Crippen molar-refractivity contribution >= 4 is 0 Å². The van der Waals surface area contributed by atoms with Crippen LogP contribution in [0.2, 0.25) is 0 Å². The second-order valence-electron chi connectivity index (χ2n) is 5.25. The fourth-order valence-electron chi connectivity index (χ4n) is 2.46. The first-order chi connectivity index (χ1) is 9.58. The van der Waals surface area contributed by atoms with E-state index >= 15 is 0 Å². The predicted octanol–water partition coefficient (Wildman–Crippen LogP) is 3.57. The average Bonchev–Trinajstić information content (AvgIpc) is 2.36. The molecule has 0 aromatic heterocycles. The van der Waals surface area contributed by atoms with Crippen LogP contribution in [0.3, 0.4) is 0 Å². The van der Waals surface area contributed by atoms with Crippen molar-refractivity contribution in [3.63, 3.8) is 0 Å². The Kier molecular flexibility index (Phi) is 5.17. The van der Waals surface area contributed by atoms with Gasteiger partial charge >= 0.3 is 6.61 Å². The van der Waals surface area contributed by atoms with E-state index in [-0.39, 0.29) is 5.75 Å². The Morgan fingerprint density at radius 3 is 2.65 bits per heavy atom. The van der Waals surface area contributed by atoms with E-state index in [9.17, 15) is 8.78 Å². The van der Waals surface area contributed by atoms with Gasteiger partial charge in [0.2, 0.25) is 0 Å². The predicted molar refractivity (Wildman–Crippen MR) is 73.3 cm³/mol. The maximum Gasteiger partial charge on any atom is 0.387 e. The highest BCUT2D eigenvalue weighted by Crippen LogP contribution is 2.31. The van der Waals surface area contributed by atoms with Gasteiger partial charge in [-0.1, -0.05) is 13.0 Å². The first-order valence-corrected chi connectivity index (χ1v) is 7.02. The minimum Gasteiger partial charge on any atom is -0.490 e. The molecule has 0 saturated heterocycles. The van der Waals surface area contributed by atoms with E-state index in [1.165, 1.54) is 18.9 Å². The Morgan fingerprint density at radius 1 is 1.30 bits per heavy atom. The topological polar surface area (TPSA) is 30.5 Å². The molecule has 1 aromatic rings. The zero-order valence-electron chi connectivity index (χ0n) is 11.9. The van der Waals surface area contributed by atoms with E-state index in [4.69, 9.17) is 4.74 Å². The van der Waals surface area contributed by atoms with Crippen LogP contribution in [0.15, 0.2) is 18.2 Å². The largest absolute Gasteiger partial charge is 0.490 e. The van der Waals surface area contributed by atoms with Crippen molar-refractivity contribution in [2.45, 2.75) is 45.9 Å². The van der Waals surface area contributed by atoms with Crippen molar-refractivity contribution in [3.8, 4) is 11.5 Å². The number of hydrogen-bond donors (Lipinski definition) is 1. The van der Waals surface area contributed by atoms with E-state index in [0.29, 0.717) is 24.9 Å². The van der Waals surface area contributed by atoms with E-state index < -0.39 is 6.61 Å². The van der Waals surface area contributed by atoms with Gasteiger partial charge in [-0.2, -0.15) is 8.78 Å². The first-order valence-electron chi connectivity index (χ1n) is 7.02. The Morgan fingerprint density at radius 2 is 2.05 bits per heavy atom. The van der Waals surface area contributed by atoms with E-state index in [1.54, 1.807) is 12.1 Å². The summed E-state index contributed by atoms with van der Waals surface area (Å²) in [5.41, 5.74) is 1.01. The fraction of sp³-hybridized carbons (Fsp3) is 0.600. The third-order valence-corrected chi connectivity index (χ3v) is 3.49. The van der Waals surface area contributed by atoms with Crippen molar-refractivity contribution in [2.24, 2.45) is 5.92 Å². The molecule has 20 heavy (non-hydrogen) atoms. The standard InChI is InChI=1S/C15H21F2NO2/c1-3-19-14-8-11(4-5-13(14)20-15(16)17)9-18-12-6-10(2)7-12/h4-5,8,10,12,15,18H,3,6-7,9H2,1-2H3. The van der Waals surface area contributed by atoms with Gasteiger partial charge in [-0.15, -0.1) is 0 Å². The lowest BCUT2D eigenvalue weighted by atomic mass is 9.82. The molecular formula is C15H21F2NO2. The van der Waals surface area contributed by atoms with Gasteiger partial charge in [-0.25, -0.2) is 0 Å². The number of halogens is 2. The summed E-state index contributed by atoms with van der Waals surface area (Å²) < 4.78 is 34.4. The number of hydrogen-bond acceptors (Lipinski definition) is 3. The van der Waals surface area contributed by atoms with Crippen LogP contribution < -0.4 is 14.8 Å². The molecule has 1 aliphatic carbocycles. The van der Waals surface area contributed by atoms with Gasteiger partial charge in [0.15, 0.2) is 11.5 Å². The van der Waals surface area contributed by atoms with Gasteiger partial charge in [0.1, 0.15) is 0 Å². The van der Waals surface area contributed by atoms with Crippen molar-refractivity contribution in [1.82, 2.24) is 5.32 Å². The molecule has 1 fully saturated rings. The highest BCUT2D eigenvalue weighted by molar-refractivity contribution is 5.43. The molecule has 0 unspecified atom stereocenters. The summed E-state index contributed by atoms with van der Waals surface area (Å²) in [6.07, 6.45) is 2.40. The Labute approximate surface area is 118 Å². The van der Waals surface area contributed by atoms with Crippen LogP contribution in [0, 0.1) is 5.92 Å². The lowest BCUT2D eigenvalue weighted by Gasteiger charge is -2.33. The lowest BCUT2D eigenvalue weighted by molar-refractivity contribution is -0.0514. The number of nitrogens with one attached hydrogen (secondary N) is 1. The summed E-state index contributed by atoms with van der Waals surface area (Å²) in [4.78, 5) is 0. The quantitative estimate of drug-likeness (QED) is 0.830. The van der Waals surface area contributed by atoms with Crippen molar-refractivity contribution in [2.75, 3.05) is 6.61 Å². The molecule has 1 saturated carbocycles. The normalized spacial score (nSPS) is 21.6. The summed E-state index contributed by atoms with van der Waals surface area (Å²) in [5.74, 6) is 1.25. The van der Waals surface area contributed by atoms with Gasteiger partial charge < -0.3 is 14.8 Å². The fourth-order valence-corrected chi connectivity index (χ4v) is 2.46. The third-order valence-electron chi connectivity index (χ3n) is 3.49. The van der Waals surface area contributed by atoms with E-state index in [1.807, 2.05) is 6.92 Å². The molecule has 1 N–H and O–H groups in total. The van der Waals surface area contributed by atoms with Crippen molar-refractivity contribution < 1.29 is 18.3 Å². The van der Waals surface area contributed by atoms with Gasteiger partial charge in [0.05, 0.1) is 6.61 Å². The molecule has 0 aliphatic heterocycles. The van der Waals surface area contributed by atoms with E-state index in [0.717, 1.165) is 11.5 Å². The van der Waals surface area contributed by atoms with Gasteiger partial charge in [-0.05, 0) is 43.4 Å². The molecule has 112 valence electrons. The van der Waals surface area contributed by atoms with Crippen LogP contribution in [0.4, 0.5) is 8.78 Å². The molecule has 5 heteroatoms. The molecule has 0 amide bonds. The Hall–Kier alpha value is -1.36. The number of rotatable bonds is 7. The minimum absolute atomic E-state index is 0.0860. The van der Waals surface area contributed by atoms with Gasteiger partial charge in [0.25, 0.3) is 0 Å². The molecule has 2 rings (SSSR count). The van der Waals surface area contributed by atoms with Gasteiger partial charge in [0, 0.05) is 12.6 Å². The van der Waals surface area contributed by atoms with Crippen LogP contribution in [0.25, 0.3) is 0 Å². The molecule has 0 spiro atoms. The monoisotopic (exact) mass is 285 g/mol. The second kappa shape index (κ2) is 6.88. The first kappa shape index (κ1) is 15.0. The van der Waals surface area contributed by atoms with Crippen molar-refractivity contribution in [3.05, 3.63) is 23.8 Å². The maximum absolute atomic E-state index is 12.3. The zero-order valence-corrected chi connectivity index (χ0v) is 11.9. The lowest BCUT2D eigenvalue weighted by Crippen LogP contribution is -2.39. The van der Waals surface area contributed by atoms with E-state index in [2.05, 4.69) is 17.0 Å². The third kappa shape index (κ3) is 4.07. The molecule has 1 aromatic carbocycles. The molecule has 0 heterocycles. The summed E-state index contributed by atoms with van der Waals surface area (Å²) in [6, 6.07) is 5.65. The second-order valence-corrected chi connectivity index (χ2v) is 5.25. The van der Waals surface area contributed by atoms with Crippen molar-refractivity contribution in [1.29, 1.82) is 0 Å². The van der Waals surface area contributed by atoms with Crippen LogP contribution in [-0.4, -0.2) is 19.3 Å². The van der Waals surface area contributed by atoms with Crippen LogP contribution in [0.1, 0.15) is 32.3 Å². The highest BCUT2D eigenvalue weighted by atomic mass is 19.3. The summed E-state index contributed by atoms with van der Waals surface area (Å²) in [6.45, 7) is 2.34. The average molecular weight is 285 g/mol.